The van der Waals surface area contributed by atoms with Crippen molar-refractivity contribution < 1.29 is 9.18 Å². The van der Waals surface area contributed by atoms with E-state index in [1.807, 2.05) is 0 Å². The van der Waals surface area contributed by atoms with Gasteiger partial charge in [-0.15, -0.1) is 0 Å². The molecular weight excluding hydrogens is 217 g/mol. The lowest BCUT2D eigenvalue weighted by atomic mass is 9.64. The van der Waals surface area contributed by atoms with E-state index in [0.717, 1.165) is 12.8 Å². The minimum Gasteiger partial charge on any atom is -0.340 e. The van der Waals surface area contributed by atoms with E-state index >= 15 is 0 Å². The summed E-state index contributed by atoms with van der Waals surface area (Å²) in [6.45, 7) is 14.6. The first-order valence-electron chi connectivity index (χ1n) is 6.15. The van der Waals surface area contributed by atoms with Gasteiger partial charge in [-0.1, -0.05) is 47.6 Å². The van der Waals surface area contributed by atoms with Crippen LogP contribution in [0.25, 0.3) is 0 Å². The summed E-state index contributed by atoms with van der Waals surface area (Å²) in [5.41, 5.74) is 0.303. The summed E-state index contributed by atoms with van der Waals surface area (Å²) in [5.74, 6) is -1.50. The first-order chi connectivity index (χ1) is 7.55. The van der Waals surface area contributed by atoms with Gasteiger partial charge in [-0.05, 0) is 17.3 Å². The molecule has 0 aromatic carbocycles. The number of carbonyl (C=O) groups is 1. The topological polar surface area (TPSA) is 20.3 Å². The fraction of sp³-hybridized carbons (Fsp3) is 0.786. The second kappa shape index (κ2) is 5.65. The van der Waals surface area contributed by atoms with Crippen molar-refractivity contribution in [1.29, 1.82) is 0 Å². The van der Waals surface area contributed by atoms with Crippen LogP contribution in [-0.4, -0.2) is 24.4 Å². The summed E-state index contributed by atoms with van der Waals surface area (Å²) in [7, 11) is 1.62. The molecule has 0 spiro atoms. The van der Waals surface area contributed by atoms with Crippen LogP contribution >= 0.6 is 0 Å². The summed E-state index contributed by atoms with van der Waals surface area (Å²) in [6.07, 6.45) is 1.90. The Morgan fingerprint density at radius 1 is 1.29 bits per heavy atom. The van der Waals surface area contributed by atoms with Crippen molar-refractivity contribution in [3.8, 4) is 0 Å². The van der Waals surface area contributed by atoms with Crippen molar-refractivity contribution in [2.24, 2.45) is 10.8 Å². The van der Waals surface area contributed by atoms with E-state index in [1.54, 1.807) is 7.05 Å². The molecule has 2 nitrogen and oxygen atoms in total. The molecule has 1 atom stereocenters. The van der Waals surface area contributed by atoms with Gasteiger partial charge in [0.05, 0.1) is 0 Å². The summed E-state index contributed by atoms with van der Waals surface area (Å²) in [6, 6.07) is 0. The zero-order chi connectivity index (χ0) is 13.9. The molecule has 0 saturated carbocycles. The Morgan fingerprint density at radius 2 is 1.76 bits per heavy atom. The van der Waals surface area contributed by atoms with Crippen molar-refractivity contribution in [3.05, 3.63) is 12.4 Å². The van der Waals surface area contributed by atoms with Crippen LogP contribution in [0.4, 0.5) is 4.39 Å². The van der Waals surface area contributed by atoms with Gasteiger partial charge in [-0.25, -0.2) is 4.39 Å². The van der Waals surface area contributed by atoms with Gasteiger partial charge in [0, 0.05) is 13.6 Å². The molecule has 0 rings (SSSR count). The molecule has 0 aliphatic rings. The molecule has 17 heavy (non-hydrogen) atoms. The third-order valence-electron chi connectivity index (χ3n) is 4.17. The molecule has 0 aromatic rings. The van der Waals surface area contributed by atoms with Crippen LogP contribution in [0.2, 0.25) is 0 Å². The van der Waals surface area contributed by atoms with Crippen LogP contribution in [0, 0.1) is 10.8 Å². The molecule has 100 valence electrons. The van der Waals surface area contributed by atoms with E-state index in [4.69, 9.17) is 0 Å². The van der Waals surface area contributed by atoms with E-state index < -0.39 is 11.7 Å². The van der Waals surface area contributed by atoms with Gasteiger partial charge in [0.2, 0.25) is 0 Å². The van der Waals surface area contributed by atoms with Crippen LogP contribution in [0.15, 0.2) is 12.4 Å². The molecule has 0 heterocycles. The van der Waals surface area contributed by atoms with Crippen LogP contribution < -0.4 is 0 Å². The van der Waals surface area contributed by atoms with Crippen LogP contribution in [0.5, 0.6) is 0 Å². The predicted molar refractivity (Wildman–Crippen MR) is 70.4 cm³/mol. The fourth-order valence-corrected chi connectivity index (χ4v) is 1.81. The normalized spacial score (nSPS) is 15.2. The third kappa shape index (κ3) is 4.14. The van der Waals surface area contributed by atoms with Gasteiger partial charge in [0.15, 0.2) is 5.83 Å². The molecule has 0 saturated heterocycles. The van der Waals surface area contributed by atoms with Crippen LogP contribution in [0.1, 0.15) is 47.5 Å². The standard InChI is InChI=1S/C14H26FNO/c1-8-14(6,13(3,4)5)9-10-16(7)12(17)11(2)15/h2,8-10H2,1,3-7H3. The Hall–Kier alpha value is -0.860. The number of halogens is 1. The molecule has 0 N–H and O–H groups in total. The Balaban J connectivity index is 4.55. The Labute approximate surface area is 105 Å². The van der Waals surface area contributed by atoms with E-state index in [1.165, 1.54) is 4.90 Å². The van der Waals surface area contributed by atoms with Crippen LogP contribution in [0.3, 0.4) is 0 Å². The highest BCUT2D eigenvalue weighted by Gasteiger charge is 2.35. The number of carbonyl (C=O) groups excluding carboxylic acids is 1. The van der Waals surface area contributed by atoms with Gasteiger partial charge in [0.1, 0.15) is 0 Å². The van der Waals surface area contributed by atoms with Crippen molar-refractivity contribution in [1.82, 2.24) is 4.90 Å². The molecular formula is C14H26FNO. The van der Waals surface area contributed by atoms with E-state index in [0.29, 0.717) is 6.54 Å². The molecule has 3 heteroatoms. The molecule has 0 bridgehead atoms. The molecule has 0 aliphatic carbocycles. The largest absolute Gasteiger partial charge is 0.340 e. The number of hydrogen-bond acceptors (Lipinski definition) is 1. The lowest BCUT2D eigenvalue weighted by molar-refractivity contribution is -0.127. The second-order valence-corrected chi connectivity index (χ2v) is 6.05. The first kappa shape index (κ1) is 16.1. The van der Waals surface area contributed by atoms with Gasteiger partial charge >= 0.3 is 0 Å². The monoisotopic (exact) mass is 243 g/mol. The van der Waals surface area contributed by atoms with Gasteiger partial charge in [0.25, 0.3) is 5.91 Å². The van der Waals surface area contributed by atoms with Gasteiger partial charge in [-0.3, -0.25) is 4.79 Å². The highest BCUT2D eigenvalue weighted by Crippen LogP contribution is 2.44. The van der Waals surface area contributed by atoms with E-state index in [-0.39, 0.29) is 10.8 Å². The Morgan fingerprint density at radius 3 is 2.06 bits per heavy atom. The highest BCUT2D eigenvalue weighted by molar-refractivity contribution is 5.90. The van der Waals surface area contributed by atoms with Crippen molar-refractivity contribution in [2.45, 2.75) is 47.5 Å². The molecule has 0 fully saturated rings. The van der Waals surface area contributed by atoms with E-state index in [9.17, 15) is 9.18 Å². The predicted octanol–water partition coefficient (Wildman–Crippen LogP) is 3.78. The van der Waals surface area contributed by atoms with Crippen molar-refractivity contribution in [3.63, 3.8) is 0 Å². The summed E-state index contributed by atoms with van der Waals surface area (Å²) < 4.78 is 12.7. The molecule has 1 unspecified atom stereocenters. The number of nitrogens with zero attached hydrogens (tertiary/aromatic N) is 1. The SMILES string of the molecule is C=C(F)C(=O)N(C)CCC(C)(CC)C(C)(C)C. The first-order valence-corrected chi connectivity index (χ1v) is 6.15. The van der Waals surface area contributed by atoms with Crippen LogP contribution in [-0.2, 0) is 4.79 Å². The van der Waals surface area contributed by atoms with Crippen molar-refractivity contribution in [2.75, 3.05) is 13.6 Å². The number of amides is 1. The lowest BCUT2D eigenvalue weighted by Gasteiger charge is -2.42. The third-order valence-corrected chi connectivity index (χ3v) is 4.17. The average molecular weight is 243 g/mol. The fourth-order valence-electron chi connectivity index (χ4n) is 1.81. The smallest absolute Gasteiger partial charge is 0.281 e. The molecule has 1 amide bonds. The zero-order valence-electron chi connectivity index (χ0n) is 12.1. The van der Waals surface area contributed by atoms with E-state index in [2.05, 4.69) is 41.2 Å². The highest BCUT2D eigenvalue weighted by atomic mass is 19.1. The second-order valence-electron chi connectivity index (χ2n) is 6.05. The van der Waals surface area contributed by atoms with Crippen molar-refractivity contribution >= 4 is 5.91 Å². The number of likely N-dealkylation sites (N-methyl/N-ethyl adjacent to an activating group) is 1. The summed E-state index contributed by atoms with van der Waals surface area (Å²) in [5, 5.41) is 0. The number of rotatable bonds is 5. The maximum Gasteiger partial charge on any atom is 0.281 e. The Kier molecular flexibility index (Phi) is 5.37. The van der Waals surface area contributed by atoms with Gasteiger partial charge < -0.3 is 4.90 Å². The summed E-state index contributed by atoms with van der Waals surface area (Å²) >= 11 is 0. The maximum absolute atomic E-state index is 12.7. The molecule has 0 radical (unpaired) electrons. The number of hydrogen-bond donors (Lipinski definition) is 0. The minimum atomic E-state index is -0.888. The lowest BCUT2D eigenvalue weighted by Crippen LogP contribution is -2.37. The summed E-state index contributed by atoms with van der Waals surface area (Å²) in [4.78, 5) is 12.8. The minimum absolute atomic E-state index is 0.138. The Bertz CT molecular complexity index is 293. The molecule has 0 aromatic heterocycles. The quantitative estimate of drug-likeness (QED) is 0.673. The van der Waals surface area contributed by atoms with Gasteiger partial charge in [-0.2, -0.15) is 0 Å². The molecule has 0 aliphatic heterocycles. The average Bonchev–Trinajstić information content (AvgIpc) is 2.22. The maximum atomic E-state index is 12.7. The zero-order valence-corrected chi connectivity index (χ0v) is 12.1.